The number of anilines is 1. The van der Waals surface area contributed by atoms with Crippen LogP contribution < -0.4 is 10.1 Å². The highest BCUT2D eigenvalue weighted by atomic mass is 127. The number of para-hydroxylation sites is 2. The molecule has 2 rings (SSSR count). The zero-order valence-electron chi connectivity index (χ0n) is 12.5. The maximum atomic E-state index is 11.9. The Kier molecular flexibility index (Phi) is 6.40. The van der Waals surface area contributed by atoms with E-state index in [1.54, 1.807) is 36.4 Å². The fourth-order valence-electron chi connectivity index (χ4n) is 1.87. The highest BCUT2D eigenvalue weighted by molar-refractivity contribution is 14.1. The lowest BCUT2D eigenvalue weighted by atomic mass is 10.2. The fraction of sp³-hybridized carbons (Fsp3) is 0.176. The number of carbonyl (C=O) groups is 2. The van der Waals surface area contributed by atoms with Crippen molar-refractivity contribution in [2.24, 2.45) is 0 Å². The molecule has 0 saturated carbocycles. The quantitative estimate of drug-likeness (QED) is 0.569. The number of halogens is 1. The highest BCUT2D eigenvalue weighted by Crippen LogP contribution is 2.23. The summed E-state index contributed by atoms with van der Waals surface area (Å²) < 4.78 is 11.4. The molecular weight excluding hydrogens is 409 g/mol. The Bertz CT molecular complexity index is 702. The minimum atomic E-state index is -0.531. The van der Waals surface area contributed by atoms with Crippen molar-refractivity contribution in [3.63, 3.8) is 0 Å². The van der Waals surface area contributed by atoms with Gasteiger partial charge in [-0.05, 0) is 59.8 Å². The van der Waals surface area contributed by atoms with Crippen LogP contribution in [0, 0.1) is 3.57 Å². The molecule has 0 aliphatic rings. The van der Waals surface area contributed by atoms with Crippen LogP contribution in [0.3, 0.4) is 0 Å². The van der Waals surface area contributed by atoms with E-state index in [0.717, 1.165) is 3.57 Å². The summed E-state index contributed by atoms with van der Waals surface area (Å²) in [6.45, 7) is 2.00. The molecule has 6 heteroatoms. The van der Waals surface area contributed by atoms with Crippen molar-refractivity contribution in [1.82, 2.24) is 0 Å². The average Bonchev–Trinajstić information content (AvgIpc) is 2.54. The number of ether oxygens (including phenoxy) is 2. The van der Waals surface area contributed by atoms with Crippen molar-refractivity contribution < 1.29 is 19.1 Å². The van der Waals surface area contributed by atoms with Gasteiger partial charge in [-0.2, -0.15) is 0 Å². The lowest BCUT2D eigenvalue weighted by molar-refractivity contribution is -0.119. The molecule has 2 aromatic carbocycles. The van der Waals surface area contributed by atoms with Gasteiger partial charge >= 0.3 is 5.97 Å². The smallest absolute Gasteiger partial charge is 0.338 e. The van der Waals surface area contributed by atoms with Gasteiger partial charge in [-0.25, -0.2) is 4.79 Å². The second kappa shape index (κ2) is 8.52. The molecule has 0 aromatic heterocycles. The molecule has 1 N–H and O–H groups in total. The van der Waals surface area contributed by atoms with E-state index >= 15 is 0 Å². The number of hydrogen-bond acceptors (Lipinski definition) is 4. The first-order valence-corrected chi connectivity index (χ1v) is 8.12. The summed E-state index contributed by atoms with van der Waals surface area (Å²) in [4.78, 5) is 23.8. The van der Waals surface area contributed by atoms with Crippen molar-refractivity contribution in [3.05, 3.63) is 57.7 Å². The molecule has 23 heavy (non-hydrogen) atoms. The summed E-state index contributed by atoms with van der Waals surface area (Å²) in [6.07, 6.45) is 0. The lowest BCUT2D eigenvalue weighted by Crippen LogP contribution is -2.21. The monoisotopic (exact) mass is 425 g/mol. The lowest BCUT2D eigenvalue weighted by Gasteiger charge is -2.11. The topological polar surface area (TPSA) is 64.6 Å². The second-order valence-electron chi connectivity index (χ2n) is 4.56. The van der Waals surface area contributed by atoms with Crippen molar-refractivity contribution in [3.8, 4) is 5.75 Å². The van der Waals surface area contributed by atoms with Crippen LogP contribution in [0.2, 0.25) is 0 Å². The first-order chi connectivity index (χ1) is 11.1. The van der Waals surface area contributed by atoms with Crippen molar-refractivity contribution in [1.29, 1.82) is 0 Å². The third kappa shape index (κ3) is 5.24. The summed E-state index contributed by atoms with van der Waals surface area (Å²) in [5, 5.41) is 2.67. The van der Waals surface area contributed by atoms with Gasteiger partial charge in [0.25, 0.3) is 5.91 Å². The molecule has 0 aliphatic carbocycles. The van der Waals surface area contributed by atoms with E-state index in [9.17, 15) is 9.59 Å². The number of hydrogen-bond donors (Lipinski definition) is 1. The average molecular weight is 425 g/mol. The van der Waals surface area contributed by atoms with Gasteiger partial charge < -0.3 is 14.8 Å². The Hall–Kier alpha value is -2.09. The number of rotatable bonds is 6. The molecule has 120 valence electrons. The van der Waals surface area contributed by atoms with Gasteiger partial charge in [-0.3, -0.25) is 4.79 Å². The first kappa shape index (κ1) is 17.3. The molecule has 0 radical (unpaired) electrons. The maximum absolute atomic E-state index is 11.9. The van der Waals surface area contributed by atoms with Gasteiger partial charge in [-0.15, -0.1) is 0 Å². The minimum Gasteiger partial charge on any atom is -0.492 e. The number of nitrogens with one attached hydrogen (secondary N) is 1. The fourth-order valence-corrected chi connectivity index (χ4v) is 2.41. The van der Waals surface area contributed by atoms with Crippen LogP contribution >= 0.6 is 22.6 Å². The van der Waals surface area contributed by atoms with Gasteiger partial charge in [0.15, 0.2) is 6.61 Å². The predicted octanol–water partition coefficient (Wildman–Crippen LogP) is 3.49. The Morgan fingerprint density at radius 3 is 2.65 bits per heavy atom. The summed E-state index contributed by atoms with van der Waals surface area (Å²) in [5.74, 6) is -0.375. The van der Waals surface area contributed by atoms with Crippen molar-refractivity contribution in [2.45, 2.75) is 6.92 Å². The summed E-state index contributed by atoms with van der Waals surface area (Å²) in [7, 11) is 0. The van der Waals surface area contributed by atoms with Crippen LogP contribution in [0.1, 0.15) is 17.3 Å². The molecular formula is C17H16INO4. The summed E-state index contributed by atoms with van der Waals surface area (Å²) >= 11 is 2.11. The van der Waals surface area contributed by atoms with Crippen LogP contribution in [0.25, 0.3) is 0 Å². The highest BCUT2D eigenvalue weighted by Gasteiger charge is 2.12. The molecule has 5 nitrogen and oxygen atoms in total. The molecule has 0 fully saturated rings. The predicted molar refractivity (Wildman–Crippen MR) is 95.7 cm³/mol. The van der Waals surface area contributed by atoms with Gasteiger partial charge in [0.2, 0.25) is 0 Å². The van der Waals surface area contributed by atoms with E-state index < -0.39 is 11.9 Å². The van der Waals surface area contributed by atoms with Gasteiger partial charge in [0.1, 0.15) is 5.75 Å². The van der Waals surface area contributed by atoms with Crippen LogP contribution in [0.15, 0.2) is 48.5 Å². The molecule has 0 bridgehead atoms. The number of benzene rings is 2. The van der Waals surface area contributed by atoms with E-state index in [2.05, 4.69) is 27.9 Å². The number of esters is 1. The Morgan fingerprint density at radius 1 is 1.13 bits per heavy atom. The van der Waals surface area contributed by atoms with Crippen molar-refractivity contribution >= 4 is 40.2 Å². The molecule has 0 spiro atoms. The molecule has 0 atom stereocenters. The van der Waals surface area contributed by atoms with Crippen molar-refractivity contribution in [2.75, 3.05) is 18.5 Å². The van der Waals surface area contributed by atoms with E-state index in [0.29, 0.717) is 23.6 Å². The molecule has 0 unspecified atom stereocenters. The summed E-state index contributed by atoms with van der Waals surface area (Å²) in [5.41, 5.74) is 0.962. The second-order valence-corrected chi connectivity index (χ2v) is 5.81. The van der Waals surface area contributed by atoms with E-state index in [4.69, 9.17) is 9.47 Å². The first-order valence-electron chi connectivity index (χ1n) is 7.04. The standard InChI is InChI=1S/C17H16INO4/c1-2-22-15-9-4-3-8-14(15)19-16(20)11-23-17(21)12-6-5-7-13(18)10-12/h3-10H,2,11H2,1H3,(H,19,20). The number of carbonyl (C=O) groups excluding carboxylic acids is 2. The zero-order valence-corrected chi connectivity index (χ0v) is 14.7. The Balaban J connectivity index is 1.92. The molecule has 0 heterocycles. The Labute approximate surface area is 148 Å². The zero-order chi connectivity index (χ0) is 16.7. The Morgan fingerprint density at radius 2 is 1.91 bits per heavy atom. The molecule has 0 saturated heterocycles. The molecule has 2 aromatic rings. The van der Waals surface area contributed by atoms with E-state index in [1.807, 2.05) is 19.1 Å². The van der Waals surface area contributed by atoms with E-state index in [1.165, 1.54) is 0 Å². The SMILES string of the molecule is CCOc1ccccc1NC(=O)COC(=O)c1cccc(I)c1. The third-order valence-corrected chi connectivity index (χ3v) is 3.53. The minimum absolute atomic E-state index is 0.356. The number of amides is 1. The maximum Gasteiger partial charge on any atom is 0.338 e. The molecule has 1 amide bonds. The van der Waals surface area contributed by atoms with Crippen LogP contribution in [0.4, 0.5) is 5.69 Å². The third-order valence-electron chi connectivity index (χ3n) is 2.86. The van der Waals surface area contributed by atoms with Crippen LogP contribution in [-0.4, -0.2) is 25.1 Å². The van der Waals surface area contributed by atoms with Gasteiger partial charge in [0.05, 0.1) is 17.9 Å². The normalized spacial score (nSPS) is 10.0. The van der Waals surface area contributed by atoms with Gasteiger partial charge in [0, 0.05) is 3.57 Å². The summed E-state index contributed by atoms with van der Waals surface area (Å²) in [6, 6.07) is 14.1. The molecule has 0 aliphatic heterocycles. The van der Waals surface area contributed by atoms with Crippen LogP contribution in [0.5, 0.6) is 5.75 Å². The van der Waals surface area contributed by atoms with E-state index in [-0.39, 0.29) is 6.61 Å². The van der Waals surface area contributed by atoms with Gasteiger partial charge in [-0.1, -0.05) is 18.2 Å². The van der Waals surface area contributed by atoms with Crippen LogP contribution in [-0.2, 0) is 9.53 Å². The largest absolute Gasteiger partial charge is 0.492 e.